The summed E-state index contributed by atoms with van der Waals surface area (Å²) in [7, 11) is -9.63. The molecule has 0 spiro atoms. The van der Waals surface area contributed by atoms with Crippen molar-refractivity contribution in [1.29, 1.82) is 0 Å². The molecule has 0 saturated heterocycles. The molecule has 0 amide bonds. The second kappa shape index (κ2) is 12.3. The average molecular weight is 615 g/mol. The van der Waals surface area contributed by atoms with E-state index in [1.54, 1.807) is 12.3 Å². The van der Waals surface area contributed by atoms with Crippen LogP contribution in [0.1, 0.15) is 45.1 Å². The summed E-state index contributed by atoms with van der Waals surface area (Å²) in [6.07, 6.45) is 9.52. The number of benzene rings is 3. The molecule has 3 aromatic rings. The Morgan fingerprint density at radius 2 is 1.64 bits per heavy atom. The van der Waals surface area contributed by atoms with E-state index in [1.165, 1.54) is 12.1 Å². The van der Waals surface area contributed by atoms with Crippen LogP contribution >= 0.6 is 0 Å². The maximum atomic E-state index is 12.3. The third kappa shape index (κ3) is 6.84. The Balaban J connectivity index is 1.79. The van der Waals surface area contributed by atoms with E-state index in [9.17, 15) is 30.7 Å². The normalized spacial score (nSPS) is 16.9. The van der Waals surface area contributed by atoms with Crippen LogP contribution in [-0.4, -0.2) is 49.6 Å². The fraction of sp³-hybridized carbons (Fsp3) is 0.300. The molecule has 1 unspecified atom stereocenters. The van der Waals surface area contributed by atoms with Gasteiger partial charge in [0.05, 0.1) is 10.9 Å². The molecule has 1 aliphatic rings. The van der Waals surface area contributed by atoms with Gasteiger partial charge in [0.25, 0.3) is 20.2 Å². The predicted molar refractivity (Wildman–Crippen MR) is 162 cm³/mol. The molecular weight excluding hydrogens is 580 g/mol. The van der Waals surface area contributed by atoms with Crippen LogP contribution in [0.25, 0.3) is 10.8 Å². The van der Waals surface area contributed by atoms with Gasteiger partial charge in [-0.25, -0.2) is 0 Å². The number of anilines is 2. The second-order valence-corrected chi connectivity index (χ2v) is 13.6. The first-order valence-corrected chi connectivity index (χ1v) is 16.3. The Morgan fingerprint density at radius 3 is 2.29 bits per heavy atom. The van der Waals surface area contributed by atoms with E-state index in [4.69, 9.17) is 5.11 Å². The highest BCUT2D eigenvalue weighted by Gasteiger charge is 2.44. The van der Waals surface area contributed by atoms with Gasteiger partial charge in [-0.15, -0.1) is 0 Å². The van der Waals surface area contributed by atoms with Gasteiger partial charge >= 0.3 is 5.97 Å². The van der Waals surface area contributed by atoms with Crippen molar-refractivity contribution >= 4 is 48.4 Å². The number of carboxylic acid groups (broad SMARTS) is 1. The van der Waals surface area contributed by atoms with Crippen molar-refractivity contribution in [3.05, 3.63) is 84.6 Å². The quantitative estimate of drug-likeness (QED) is 0.114. The summed E-state index contributed by atoms with van der Waals surface area (Å²) in [5, 5.41) is 12.6. The number of rotatable bonds is 12. The number of fused-ring (bicyclic) bond motifs is 3. The number of hydrogen-bond acceptors (Lipinski definition) is 7. The second-order valence-electron chi connectivity index (χ2n) is 10.7. The summed E-state index contributed by atoms with van der Waals surface area (Å²) in [6, 6.07) is 14.6. The largest absolute Gasteiger partial charge is 0.481 e. The Hall–Kier alpha value is -3.71. The van der Waals surface area contributed by atoms with Gasteiger partial charge in [0.2, 0.25) is 0 Å². The molecule has 1 heterocycles. The van der Waals surface area contributed by atoms with Crippen LogP contribution in [0.5, 0.6) is 0 Å². The molecule has 10 nitrogen and oxygen atoms in total. The van der Waals surface area contributed by atoms with E-state index in [2.05, 4.69) is 10.2 Å². The minimum absolute atomic E-state index is 0.0755. The number of carbonyl (C=O) groups is 1. The number of carboxylic acids is 1. The van der Waals surface area contributed by atoms with Crippen LogP contribution < -0.4 is 10.2 Å². The average Bonchev–Trinajstić information content (AvgIpc) is 3.12. The summed E-state index contributed by atoms with van der Waals surface area (Å²) in [6.45, 7) is 4.49. The SMILES string of the molecule is CC1(C)c2c(ccc3c(S(=O)(=O)O)cc(S(=O)(=O)O)cc23)N(CCCCCC(=O)O)C1C=CC=CNc1ccccc1. The van der Waals surface area contributed by atoms with E-state index in [0.29, 0.717) is 31.4 Å². The highest BCUT2D eigenvalue weighted by Crippen LogP contribution is 2.50. The topological polar surface area (TPSA) is 161 Å². The van der Waals surface area contributed by atoms with Crippen molar-refractivity contribution in [2.45, 2.75) is 60.8 Å². The lowest BCUT2D eigenvalue weighted by molar-refractivity contribution is -0.137. The predicted octanol–water partition coefficient (Wildman–Crippen LogP) is 5.63. The van der Waals surface area contributed by atoms with Gasteiger partial charge < -0.3 is 15.3 Å². The summed E-state index contributed by atoms with van der Waals surface area (Å²) < 4.78 is 68.5. The Labute approximate surface area is 245 Å². The van der Waals surface area contributed by atoms with Gasteiger partial charge in [-0.3, -0.25) is 13.9 Å². The van der Waals surface area contributed by atoms with Crippen LogP contribution in [0, 0.1) is 0 Å². The zero-order chi connectivity index (χ0) is 30.7. The number of nitrogens with one attached hydrogen (secondary N) is 1. The standard InChI is InChI=1S/C30H34N2O8S2/c1-30(2)27(13-8-9-17-31-21-11-5-3-6-12-21)32(18-10-4-7-14-28(33)34)25-16-15-23-24(29(25)30)19-22(41(35,36)37)20-26(23)42(38,39)40/h3,5-6,8-9,11-13,15-17,19-20,27,31H,4,7,10,14,18H2,1-2H3,(H,33,34)(H,35,36,37)(H,38,39,40). The fourth-order valence-corrected chi connectivity index (χ4v) is 6.91. The van der Waals surface area contributed by atoms with Crippen molar-refractivity contribution in [2.75, 3.05) is 16.8 Å². The van der Waals surface area contributed by atoms with E-state index >= 15 is 0 Å². The molecule has 42 heavy (non-hydrogen) atoms. The number of hydrogen-bond donors (Lipinski definition) is 4. The van der Waals surface area contributed by atoms with Crippen LogP contribution in [0.15, 0.2) is 88.8 Å². The van der Waals surface area contributed by atoms with Crippen molar-refractivity contribution < 1.29 is 35.8 Å². The van der Waals surface area contributed by atoms with Crippen molar-refractivity contribution in [2.24, 2.45) is 0 Å². The Kier molecular flexibility index (Phi) is 9.12. The zero-order valence-corrected chi connectivity index (χ0v) is 24.9. The molecule has 0 saturated carbocycles. The van der Waals surface area contributed by atoms with Gasteiger partial charge in [-0.05, 0) is 60.2 Å². The zero-order valence-electron chi connectivity index (χ0n) is 23.3. The first kappa shape index (κ1) is 31.2. The molecule has 0 radical (unpaired) electrons. The molecule has 0 bridgehead atoms. The highest BCUT2D eigenvalue weighted by atomic mass is 32.2. The lowest BCUT2D eigenvalue weighted by Gasteiger charge is -2.32. The molecule has 4 rings (SSSR count). The molecule has 0 aromatic heterocycles. The number of unbranched alkanes of at least 4 members (excludes halogenated alkanes) is 2. The molecule has 224 valence electrons. The summed E-state index contributed by atoms with van der Waals surface area (Å²) in [4.78, 5) is 11.8. The molecule has 0 fully saturated rings. The van der Waals surface area contributed by atoms with Crippen molar-refractivity contribution in [3.63, 3.8) is 0 Å². The molecular formula is C30H34N2O8S2. The van der Waals surface area contributed by atoms with Gasteiger partial charge in [0.15, 0.2) is 0 Å². The maximum absolute atomic E-state index is 12.3. The van der Waals surface area contributed by atoms with Gasteiger partial charge in [0, 0.05) is 41.3 Å². The van der Waals surface area contributed by atoms with Gasteiger partial charge in [-0.2, -0.15) is 16.8 Å². The van der Waals surface area contributed by atoms with Crippen LogP contribution in [0.2, 0.25) is 0 Å². The first-order valence-electron chi connectivity index (χ1n) is 13.4. The van der Waals surface area contributed by atoms with Crippen LogP contribution in [-0.2, 0) is 30.4 Å². The first-order chi connectivity index (χ1) is 19.7. The molecule has 12 heteroatoms. The van der Waals surface area contributed by atoms with Gasteiger partial charge in [-0.1, -0.05) is 56.7 Å². The number of para-hydroxylation sites is 1. The van der Waals surface area contributed by atoms with Crippen molar-refractivity contribution in [1.82, 2.24) is 0 Å². The molecule has 4 N–H and O–H groups in total. The smallest absolute Gasteiger partial charge is 0.303 e. The van der Waals surface area contributed by atoms with E-state index in [0.717, 1.165) is 17.4 Å². The molecule has 3 aromatic carbocycles. The third-order valence-electron chi connectivity index (χ3n) is 7.47. The molecule has 1 atom stereocenters. The van der Waals surface area contributed by atoms with E-state index < -0.39 is 41.4 Å². The van der Waals surface area contributed by atoms with Crippen molar-refractivity contribution in [3.8, 4) is 0 Å². The molecule has 0 aliphatic carbocycles. The van der Waals surface area contributed by atoms with Crippen LogP contribution in [0.4, 0.5) is 11.4 Å². The minimum atomic E-state index is -4.83. The fourth-order valence-electron chi connectivity index (χ4n) is 5.57. The number of allylic oxidation sites excluding steroid dienone is 2. The van der Waals surface area contributed by atoms with Gasteiger partial charge in [0.1, 0.15) is 4.90 Å². The number of nitrogens with zero attached hydrogens (tertiary/aromatic N) is 1. The summed E-state index contributed by atoms with van der Waals surface area (Å²) in [5.74, 6) is -0.852. The molecule has 1 aliphatic heterocycles. The maximum Gasteiger partial charge on any atom is 0.303 e. The van der Waals surface area contributed by atoms with E-state index in [1.807, 2.05) is 62.4 Å². The highest BCUT2D eigenvalue weighted by molar-refractivity contribution is 7.86. The summed E-state index contributed by atoms with van der Waals surface area (Å²) >= 11 is 0. The monoisotopic (exact) mass is 614 g/mol. The summed E-state index contributed by atoms with van der Waals surface area (Å²) in [5.41, 5.74) is 1.67. The lowest BCUT2D eigenvalue weighted by atomic mass is 9.78. The minimum Gasteiger partial charge on any atom is -0.481 e. The van der Waals surface area contributed by atoms with Crippen LogP contribution in [0.3, 0.4) is 0 Å². The van der Waals surface area contributed by atoms with E-state index in [-0.39, 0.29) is 23.2 Å². The Bertz CT molecular complexity index is 1750. The third-order valence-corrected chi connectivity index (χ3v) is 9.19. The number of aliphatic carboxylic acids is 1. The lowest BCUT2D eigenvalue weighted by Crippen LogP contribution is -2.40. The Morgan fingerprint density at radius 1 is 0.929 bits per heavy atom.